The molecule has 0 aliphatic rings. The van der Waals surface area contributed by atoms with Crippen LogP contribution in [-0.4, -0.2) is 17.2 Å². The Morgan fingerprint density at radius 2 is 2.11 bits per heavy atom. The first kappa shape index (κ1) is 13.4. The van der Waals surface area contributed by atoms with Crippen molar-refractivity contribution in [2.75, 3.05) is 6.54 Å². The molecule has 2 nitrogen and oxygen atoms in total. The molecule has 0 aliphatic carbocycles. The van der Waals surface area contributed by atoms with Crippen LogP contribution >= 0.6 is 11.6 Å². The molecule has 0 fully saturated rings. The van der Waals surface area contributed by atoms with Crippen LogP contribution in [0, 0.1) is 0 Å². The fourth-order valence-electron chi connectivity index (χ4n) is 2.35. The smallest absolute Gasteiger partial charge is 0.0661 e. The molecule has 0 radical (unpaired) electrons. The summed E-state index contributed by atoms with van der Waals surface area (Å²) in [5, 5.41) is 5.52. The van der Waals surface area contributed by atoms with E-state index in [2.05, 4.69) is 41.9 Å². The zero-order chi connectivity index (χ0) is 13.0. The van der Waals surface area contributed by atoms with E-state index >= 15 is 0 Å². The first-order valence-electron chi connectivity index (χ1n) is 6.69. The highest BCUT2D eigenvalue weighted by molar-refractivity contribution is 6.35. The van der Waals surface area contributed by atoms with Crippen LogP contribution in [0.15, 0.2) is 30.5 Å². The van der Waals surface area contributed by atoms with Crippen molar-refractivity contribution >= 4 is 22.5 Å². The number of fused-ring (bicyclic) bond motifs is 1. The molecule has 0 aliphatic heterocycles. The molecule has 2 aromatic rings. The molecule has 1 aromatic heterocycles. The average Bonchev–Trinajstić information content (AvgIpc) is 2.68. The van der Waals surface area contributed by atoms with Gasteiger partial charge in [-0.15, -0.1) is 0 Å². The van der Waals surface area contributed by atoms with Gasteiger partial charge in [0.25, 0.3) is 0 Å². The molecule has 1 atom stereocenters. The molecule has 1 unspecified atom stereocenters. The van der Waals surface area contributed by atoms with E-state index in [1.807, 2.05) is 12.3 Å². The third-order valence-electron chi connectivity index (χ3n) is 3.31. The number of hydrogen-bond acceptors (Lipinski definition) is 1. The maximum absolute atomic E-state index is 6.23. The molecule has 1 heterocycles. The van der Waals surface area contributed by atoms with Crippen LogP contribution in [0.5, 0.6) is 0 Å². The summed E-state index contributed by atoms with van der Waals surface area (Å²) in [7, 11) is 0. The van der Waals surface area contributed by atoms with Gasteiger partial charge in [0.15, 0.2) is 0 Å². The number of rotatable bonds is 6. The van der Waals surface area contributed by atoms with E-state index in [4.69, 9.17) is 11.6 Å². The Kier molecular flexibility index (Phi) is 4.67. The highest BCUT2D eigenvalue weighted by atomic mass is 35.5. The summed E-state index contributed by atoms with van der Waals surface area (Å²) in [6, 6.07) is 8.87. The molecule has 1 N–H and O–H groups in total. The van der Waals surface area contributed by atoms with Crippen molar-refractivity contribution in [2.45, 2.75) is 39.3 Å². The van der Waals surface area contributed by atoms with Crippen LogP contribution < -0.4 is 5.32 Å². The lowest BCUT2D eigenvalue weighted by Gasteiger charge is -2.13. The van der Waals surface area contributed by atoms with Gasteiger partial charge >= 0.3 is 0 Å². The maximum Gasteiger partial charge on any atom is 0.0661 e. The van der Waals surface area contributed by atoms with Gasteiger partial charge in [-0.2, -0.15) is 0 Å². The Labute approximate surface area is 114 Å². The van der Waals surface area contributed by atoms with Gasteiger partial charge in [0.1, 0.15) is 0 Å². The quantitative estimate of drug-likeness (QED) is 0.832. The number of hydrogen-bond donors (Lipinski definition) is 1. The molecule has 3 heteroatoms. The zero-order valence-corrected chi connectivity index (χ0v) is 11.9. The van der Waals surface area contributed by atoms with Crippen molar-refractivity contribution in [3.63, 3.8) is 0 Å². The molecule has 0 bridgehead atoms. The summed E-state index contributed by atoms with van der Waals surface area (Å²) in [6.45, 7) is 6.40. The molecule has 0 saturated carbocycles. The van der Waals surface area contributed by atoms with Crippen LogP contribution in [0.25, 0.3) is 10.9 Å². The highest BCUT2D eigenvalue weighted by Crippen LogP contribution is 2.25. The van der Waals surface area contributed by atoms with E-state index in [9.17, 15) is 0 Å². The van der Waals surface area contributed by atoms with Crippen molar-refractivity contribution in [3.8, 4) is 0 Å². The van der Waals surface area contributed by atoms with Crippen LogP contribution in [0.3, 0.4) is 0 Å². The predicted octanol–water partition coefficient (Wildman–Crippen LogP) is 4.07. The van der Waals surface area contributed by atoms with Crippen molar-refractivity contribution < 1.29 is 0 Å². The van der Waals surface area contributed by atoms with Gasteiger partial charge in [-0.05, 0) is 19.4 Å². The molecule has 0 spiro atoms. The number of aromatic nitrogens is 1. The minimum atomic E-state index is 0.590. The third kappa shape index (κ3) is 3.06. The van der Waals surface area contributed by atoms with Crippen LogP contribution in [0.4, 0.5) is 0 Å². The van der Waals surface area contributed by atoms with Gasteiger partial charge in [0.2, 0.25) is 0 Å². The number of halogens is 1. The molecule has 1 aromatic carbocycles. The van der Waals surface area contributed by atoms with Crippen molar-refractivity contribution in [1.82, 2.24) is 9.88 Å². The zero-order valence-electron chi connectivity index (χ0n) is 11.1. The number of nitrogens with one attached hydrogen (secondary N) is 1. The van der Waals surface area contributed by atoms with E-state index in [0.717, 1.165) is 23.5 Å². The molecular weight excluding hydrogens is 244 g/mol. The van der Waals surface area contributed by atoms with E-state index in [-0.39, 0.29) is 0 Å². The van der Waals surface area contributed by atoms with Gasteiger partial charge in [0, 0.05) is 36.2 Å². The minimum absolute atomic E-state index is 0.590. The normalized spacial score (nSPS) is 13.1. The second-order valence-electron chi connectivity index (χ2n) is 4.83. The van der Waals surface area contributed by atoms with E-state index in [1.165, 1.54) is 18.4 Å². The Morgan fingerprint density at radius 1 is 1.33 bits per heavy atom. The Hall–Kier alpha value is -0.990. The van der Waals surface area contributed by atoms with E-state index < -0.39 is 0 Å². The number of para-hydroxylation sites is 1. The van der Waals surface area contributed by atoms with Gasteiger partial charge < -0.3 is 9.88 Å². The van der Waals surface area contributed by atoms with Crippen LogP contribution in [-0.2, 0) is 6.54 Å². The molecule has 98 valence electrons. The fourth-order valence-corrected chi connectivity index (χ4v) is 2.63. The van der Waals surface area contributed by atoms with E-state index in [0.29, 0.717) is 6.04 Å². The van der Waals surface area contributed by atoms with Crippen molar-refractivity contribution in [3.05, 3.63) is 35.5 Å². The molecule has 0 saturated heterocycles. The van der Waals surface area contributed by atoms with Gasteiger partial charge in [0.05, 0.1) is 5.02 Å². The van der Waals surface area contributed by atoms with Gasteiger partial charge in [-0.25, -0.2) is 0 Å². The maximum atomic E-state index is 6.23. The van der Waals surface area contributed by atoms with Crippen molar-refractivity contribution in [2.24, 2.45) is 0 Å². The van der Waals surface area contributed by atoms with Crippen LogP contribution in [0.1, 0.15) is 26.7 Å². The molecule has 2 rings (SSSR count). The first-order valence-corrected chi connectivity index (χ1v) is 7.07. The summed E-state index contributed by atoms with van der Waals surface area (Å²) >= 11 is 6.23. The van der Waals surface area contributed by atoms with Gasteiger partial charge in [-0.1, -0.05) is 43.1 Å². The standard InChI is InChI=1S/C15H21ClN2/c1-3-6-12(2)17-9-10-18-11-14(16)13-7-4-5-8-15(13)18/h4-5,7-8,11-12,17H,3,6,9-10H2,1-2H3. The number of nitrogens with zero attached hydrogens (tertiary/aromatic N) is 1. The monoisotopic (exact) mass is 264 g/mol. The lowest BCUT2D eigenvalue weighted by atomic mass is 10.2. The van der Waals surface area contributed by atoms with Crippen LogP contribution in [0.2, 0.25) is 5.02 Å². The molecule has 0 amide bonds. The lowest BCUT2D eigenvalue weighted by Crippen LogP contribution is -2.29. The molecule has 18 heavy (non-hydrogen) atoms. The summed E-state index contributed by atoms with van der Waals surface area (Å²) in [6.07, 6.45) is 4.48. The van der Waals surface area contributed by atoms with Gasteiger partial charge in [-0.3, -0.25) is 0 Å². The predicted molar refractivity (Wildman–Crippen MR) is 79.3 cm³/mol. The topological polar surface area (TPSA) is 17.0 Å². The largest absolute Gasteiger partial charge is 0.345 e. The summed E-state index contributed by atoms with van der Waals surface area (Å²) in [5.41, 5.74) is 1.22. The third-order valence-corrected chi connectivity index (χ3v) is 3.61. The van der Waals surface area contributed by atoms with E-state index in [1.54, 1.807) is 0 Å². The summed E-state index contributed by atoms with van der Waals surface area (Å²) in [4.78, 5) is 0. The Balaban J connectivity index is 2.00. The van der Waals surface area contributed by atoms with Crippen molar-refractivity contribution in [1.29, 1.82) is 0 Å². The number of benzene rings is 1. The Morgan fingerprint density at radius 3 is 2.89 bits per heavy atom. The fraction of sp³-hybridized carbons (Fsp3) is 0.467. The summed E-state index contributed by atoms with van der Waals surface area (Å²) in [5.74, 6) is 0. The summed E-state index contributed by atoms with van der Waals surface area (Å²) < 4.78 is 2.23. The first-order chi connectivity index (χ1) is 8.72. The average molecular weight is 265 g/mol. The lowest BCUT2D eigenvalue weighted by molar-refractivity contribution is 0.489. The molecular formula is C15H21ClN2. The second kappa shape index (κ2) is 6.26. The Bertz CT molecular complexity index is 504. The minimum Gasteiger partial charge on any atom is -0.345 e. The second-order valence-corrected chi connectivity index (χ2v) is 5.24. The SMILES string of the molecule is CCCC(C)NCCn1cc(Cl)c2ccccc21. The highest BCUT2D eigenvalue weighted by Gasteiger charge is 2.06.